The van der Waals surface area contributed by atoms with Crippen molar-refractivity contribution < 1.29 is 17.9 Å². The Hall–Kier alpha value is -1.82. The van der Waals surface area contributed by atoms with Gasteiger partial charge in [-0.05, 0) is 31.4 Å². The summed E-state index contributed by atoms with van der Waals surface area (Å²) in [6.07, 6.45) is 0.555. The van der Waals surface area contributed by atoms with Gasteiger partial charge >= 0.3 is 6.09 Å². The first-order valence-corrected chi connectivity index (χ1v) is 8.15. The standard InChI is InChI=1S/C15H21NO4S/c1-5-13(10-11(2)3)20-15(17)16-21(18,19)14-8-6-12(4)7-9-14/h5-9,11,13H,1,10H2,2-4H3,(H,16,17). The number of carbonyl (C=O) groups is 1. The van der Waals surface area contributed by atoms with Crippen molar-refractivity contribution in [3.63, 3.8) is 0 Å². The van der Waals surface area contributed by atoms with Crippen LogP contribution in [0.25, 0.3) is 0 Å². The van der Waals surface area contributed by atoms with Crippen molar-refractivity contribution in [1.29, 1.82) is 0 Å². The molecule has 1 amide bonds. The average Bonchev–Trinajstić information content (AvgIpc) is 2.37. The molecule has 0 aliphatic heterocycles. The quantitative estimate of drug-likeness (QED) is 0.820. The van der Waals surface area contributed by atoms with Crippen LogP contribution in [0.15, 0.2) is 41.8 Å². The third-order valence-corrected chi connectivity index (χ3v) is 4.10. The highest BCUT2D eigenvalue weighted by molar-refractivity contribution is 7.90. The Balaban J connectivity index is 2.72. The largest absolute Gasteiger partial charge is 0.441 e. The summed E-state index contributed by atoms with van der Waals surface area (Å²) in [6.45, 7) is 9.37. The number of rotatable bonds is 6. The first-order valence-electron chi connectivity index (χ1n) is 6.67. The average molecular weight is 311 g/mol. The highest BCUT2D eigenvalue weighted by Crippen LogP contribution is 2.12. The fourth-order valence-electron chi connectivity index (χ4n) is 1.70. The normalized spacial score (nSPS) is 12.8. The fourth-order valence-corrected chi connectivity index (χ4v) is 2.58. The maximum Gasteiger partial charge on any atom is 0.421 e. The summed E-state index contributed by atoms with van der Waals surface area (Å²) in [5.41, 5.74) is 0.931. The molecular formula is C15H21NO4S. The van der Waals surface area contributed by atoms with Gasteiger partial charge in [0.05, 0.1) is 4.90 Å². The van der Waals surface area contributed by atoms with Crippen LogP contribution < -0.4 is 4.72 Å². The molecule has 1 aromatic carbocycles. The van der Waals surface area contributed by atoms with E-state index in [0.717, 1.165) is 5.56 Å². The minimum Gasteiger partial charge on any atom is -0.441 e. The van der Waals surface area contributed by atoms with E-state index in [2.05, 4.69) is 6.58 Å². The van der Waals surface area contributed by atoms with Gasteiger partial charge in [0.2, 0.25) is 0 Å². The van der Waals surface area contributed by atoms with Crippen LogP contribution in [-0.4, -0.2) is 20.6 Å². The van der Waals surface area contributed by atoms with Gasteiger partial charge in [0.25, 0.3) is 10.0 Å². The van der Waals surface area contributed by atoms with E-state index in [9.17, 15) is 13.2 Å². The predicted octanol–water partition coefficient (Wildman–Crippen LogP) is 3.01. The van der Waals surface area contributed by atoms with Gasteiger partial charge in [-0.2, -0.15) is 0 Å². The molecule has 116 valence electrons. The van der Waals surface area contributed by atoms with Gasteiger partial charge in [0.15, 0.2) is 0 Å². The molecule has 0 spiro atoms. The highest BCUT2D eigenvalue weighted by atomic mass is 32.2. The van der Waals surface area contributed by atoms with E-state index in [1.54, 1.807) is 12.1 Å². The molecule has 0 bridgehead atoms. The van der Waals surface area contributed by atoms with E-state index >= 15 is 0 Å². The molecule has 0 saturated heterocycles. The van der Waals surface area contributed by atoms with Crippen LogP contribution in [0.3, 0.4) is 0 Å². The summed E-state index contributed by atoms with van der Waals surface area (Å²) in [5, 5.41) is 0. The molecule has 21 heavy (non-hydrogen) atoms. The molecule has 0 aliphatic carbocycles. The van der Waals surface area contributed by atoms with E-state index < -0.39 is 22.2 Å². The number of sulfonamides is 1. The Labute approximate surface area is 126 Å². The van der Waals surface area contributed by atoms with Crippen LogP contribution in [0.1, 0.15) is 25.8 Å². The Morgan fingerprint density at radius 3 is 2.38 bits per heavy atom. The SMILES string of the molecule is C=CC(CC(C)C)OC(=O)NS(=O)(=O)c1ccc(C)cc1. The lowest BCUT2D eigenvalue weighted by molar-refractivity contribution is 0.115. The first-order chi connectivity index (χ1) is 9.74. The van der Waals surface area contributed by atoms with E-state index in [1.807, 2.05) is 25.5 Å². The molecule has 0 heterocycles. The fraction of sp³-hybridized carbons (Fsp3) is 0.400. The van der Waals surface area contributed by atoms with Gasteiger partial charge in [-0.1, -0.05) is 44.2 Å². The molecule has 0 saturated carbocycles. The van der Waals surface area contributed by atoms with Crippen molar-refractivity contribution >= 4 is 16.1 Å². The van der Waals surface area contributed by atoms with Crippen LogP contribution >= 0.6 is 0 Å². The van der Waals surface area contributed by atoms with E-state index in [0.29, 0.717) is 12.3 Å². The van der Waals surface area contributed by atoms with Crippen molar-refractivity contribution in [3.8, 4) is 0 Å². The number of ether oxygens (including phenoxy) is 1. The molecular weight excluding hydrogens is 290 g/mol. The molecule has 0 fully saturated rings. The predicted molar refractivity (Wildman–Crippen MR) is 81.4 cm³/mol. The van der Waals surface area contributed by atoms with E-state index in [-0.39, 0.29) is 4.90 Å². The number of carbonyl (C=O) groups excluding carboxylic acids is 1. The number of benzene rings is 1. The number of aryl methyl sites for hydroxylation is 1. The lowest BCUT2D eigenvalue weighted by Gasteiger charge is -2.16. The third kappa shape index (κ3) is 5.59. The second kappa shape index (κ2) is 7.26. The molecule has 1 atom stereocenters. The summed E-state index contributed by atoms with van der Waals surface area (Å²) in [4.78, 5) is 11.7. The van der Waals surface area contributed by atoms with Crippen LogP contribution in [0, 0.1) is 12.8 Å². The topological polar surface area (TPSA) is 72.5 Å². The minimum atomic E-state index is -3.92. The van der Waals surface area contributed by atoms with Crippen LogP contribution in [-0.2, 0) is 14.8 Å². The van der Waals surface area contributed by atoms with Gasteiger partial charge in [-0.15, -0.1) is 0 Å². The zero-order valence-corrected chi connectivity index (χ0v) is 13.3. The molecule has 1 N–H and O–H groups in total. The van der Waals surface area contributed by atoms with E-state index in [4.69, 9.17) is 4.74 Å². The molecule has 5 nitrogen and oxygen atoms in total. The summed E-state index contributed by atoms with van der Waals surface area (Å²) in [6, 6.07) is 6.19. The van der Waals surface area contributed by atoms with Crippen molar-refractivity contribution in [2.75, 3.05) is 0 Å². The van der Waals surface area contributed by atoms with Gasteiger partial charge in [-0.25, -0.2) is 17.9 Å². The van der Waals surface area contributed by atoms with E-state index in [1.165, 1.54) is 18.2 Å². The molecule has 0 aliphatic rings. The van der Waals surface area contributed by atoms with Crippen LogP contribution in [0.4, 0.5) is 4.79 Å². The monoisotopic (exact) mass is 311 g/mol. The van der Waals surface area contributed by atoms with Crippen molar-refractivity contribution in [3.05, 3.63) is 42.5 Å². The summed E-state index contributed by atoms with van der Waals surface area (Å²) < 4.78 is 31.0. The molecule has 1 unspecified atom stereocenters. The molecule has 0 radical (unpaired) electrons. The molecule has 6 heteroatoms. The smallest absolute Gasteiger partial charge is 0.421 e. The summed E-state index contributed by atoms with van der Waals surface area (Å²) in [5.74, 6) is 0.300. The zero-order valence-electron chi connectivity index (χ0n) is 12.5. The number of hydrogen-bond donors (Lipinski definition) is 1. The zero-order chi connectivity index (χ0) is 16.0. The third-order valence-electron chi connectivity index (χ3n) is 2.77. The first kappa shape index (κ1) is 17.2. The van der Waals surface area contributed by atoms with Crippen molar-refractivity contribution in [2.24, 2.45) is 5.92 Å². The molecule has 1 aromatic rings. The van der Waals surface area contributed by atoms with Gasteiger partial charge < -0.3 is 4.74 Å². The van der Waals surface area contributed by atoms with Crippen LogP contribution in [0.2, 0.25) is 0 Å². The number of amides is 1. The van der Waals surface area contributed by atoms with Crippen molar-refractivity contribution in [2.45, 2.75) is 38.2 Å². The molecule has 0 aromatic heterocycles. The van der Waals surface area contributed by atoms with Crippen molar-refractivity contribution in [1.82, 2.24) is 4.72 Å². The van der Waals surface area contributed by atoms with Gasteiger partial charge in [0.1, 0.15) is 6.10 Å². The summed E-state index contributed by atoms with van der Waals surface area (Å²) >= 11 is 0. The number of hydrogen-bond acceptors (Lipinski definition) is 4. The highest BCUT2D eigenvalue weighted by Gasteiger charge is 2.20. The van der Waals surface area contributed by atoms with Gasteiger partial charge in [0, 0.05) is 0 Å². The lowest BCUT2D eigenvalue weighted by Crippen LogP contribution is -2.33. The lowest BCUT2D eigenvalue weighted by atomic mass is 10.1. The maximum atomic E-state index is 12.0. The Bertz CT molecular complexity index is 591. The van der Waals surface area contributed by atoms with Gasteiger partial charge in [-0.3, -0.25) is 0 Å². The Morgan fingerprint density at radius 2 is 1.90 bits per heavy atom. The molecule has 1 rings (SSSR count). The Kier molecular flexibility index (Phi) is 5.96. The summed E-state index contributed by atoms with van der Waals surface area (Å²) in [7, 11) is -3.92. The second-order valence-electron chi connectivity index (χ2n) is 5.23. The van der Waals surface area contributed by atoms with Crippen LogP contribution in [0.5, 0.6) is 0 Å². The number of nitrogens with one attached hydrogen (secondary N) is 1. The maximum absolute atomic E-state index is 12.0. The Morgan fingerprint density at radius 1 is 1.33 bits per heavy atom. The second-order valence-corrected chi connectivity index (χ2v) is 6.91. The minimum absolute atomic E-state index is 0.0177.